The summed E-state index contributed by atoms with van der Waals surface area (Å²) in [5.74, 6) is 1.39. The van der Waals surface area contributed by atoms with E-state index < -0.39 is 0 Å². The second-order valence-corrected chi connectivity index (χ2v) is 7.40. The molecular weight excluding hydrogens is 316 g/mol. The molecule has 1 unspecified atom stereocenters. The van der Waals surface area contributed by atoms with Gasteiger partial charge in [-0.25, -0.2) is 0 Å². The van der Waals surface area contributed by atoms with Crippen molar-refractivity contribution in [2.75, 3.05) is 6.61 Å². The van der Waals surface area contributed by atoms with E-state index in [4.69, 9.17) is 4.74 Å². The fraction of sp³-hybridized carbons (Fsp3) is 0.381. The van der Waals surface area contributed by atoms with Crippen molar-refractivity contribution in [3.05, 3.63) is 52.7 Å². The van der Waals surface area contributed by atoms with E-state index in [2.05, 4.69) is 13.8 Å². The molecule has 3 heteroatoms. The lowest BCUT2D eigenvalue weighted by Gasteiger charge is -2.15. The summed E-state index contributed by atoms with van der Waals surface area (Å²) in [6, 6.07) is 13.7. The van der Waals surface area contributed by atoms with E-state index in [0.717, 1.165) is 38.9 Å². The van der Waals surface area contributed by atoms with Crippen molar-refractivity contribution < 1.29 is 4.74 Å². The van der Waals surface area contributed by atoms with Crippen LogP contribution in [0.2, 0.25) is 0 Å². The summed E-state index contributed by atoms with van der Waals surface area (Å²) in [6.45, 7) is 5.17. The third-order valence-electron chi connectivity index (χ3n) is 4.58. The molecule has 1 heterocycles. The highest BCUT2D eigenvalue weighted by Gasteiger charge is 2.09. The normalized spacial score (nSPS) is 12.6. The fourth-order valence-electron chi connectivity index (χ4n) is 2.98. The van der Waals surface area contributed by atoms with Crippen LogP contribution in [0.3, 0.4) is 0 Å². The summed E-state index contributed by atoms with van der Waals surface area (Å²) in [7, 11) is 0. The number of unbranched alkanes of at least 4 members (excludes halogenated alkanes) is 1. The van der Waals surface area contributed by atoms with Gasteiger partial charge in [-0.1, -0.05) is 45.2 Å². The summed E-state index contributed by atoms with van der Waals surface area (Å²) in [6.07, 6.45) is 4.81. The molecule has 0 spiro atoms. The molecule has 0 radical (unpaired) electrons. The Balaban J connectivity index is 1.87. The van der Waals surface area contributed by atoms with Gasteiger partial charge in [0, 0.05) is 20.2 Å². The SMILES string of the molecule is CCCCC(CC)COc1ccc2sc3ccccc3c(=O)c2c1. The van der Waals surface area contributed by atoms with Crippen LogP contribution in [-0.4, -0.2) is 6.61 Å². The molecule has 0 aliphatic carbocycles. The monoisotopic (exact) mass is 340 g/mol. The minimum atomic E-state index is 0.0998. The van der Waals surface area contributed by atoms with Gasteiger partial charge < -0.3 is 4.74 Å². The first-order valence-electron chi connectivity index (χ1n) is 8.81. The Morgan fingerprint density at radius 3 is 2.62 bits per heavy atom. The number of ether oxygens (including phenoxy) is 1. The number of hydrogen-bond donors (Lipinski definition) is 0. The van der Waals surface area contributed by atoms with Crippen LogP contribution in [0.1, 0.15) is 39.5 Å². The third kappa shape index (κ3) is 3.62. The highest BCUT2D eigenvalue weighted by Crippen LogP contribution is 2.27. The van der Waals surface area contributed by atoms with Gasteiger partial charge in [-0.05, 0) is 42.7 Å². The van der Waals surface area contributed by atoms with Crippen LogP contribution in [0.25, 0.3) is 20.2 Å². The van der Waals surface area contributed by atoms with E-state index in [1.807, 2.05) is 42.5 Å². The molecule has 3 aromatic rings. The molecule has 0 amide bonds. The molecule has 0 aliphatic rings. The van der Waals surface area contributed by atoms with Crippen LogP contribution in [0.4, 0.5) is 0 Å². The summed E-state index contributed by atoms with van der Waals surface area (Å²) >= 11 is 1.66. The third-order valence-corrected chi connectivity index (χ3v) is 5.73. The zero-order valence-electron chi connectivity index (χ0n) is 14.4. The van der Waals surface area contributed by atoms with Gasteiger partial charge in [0.15, 0.2) is 5.43 Å². The van der Waals surface area contributed by atoms with E-state index in [1.165, 1.54) is 19.3 Å². The minimum Gasteiger partial charge on any atom is -0.493 e. The number of rotatable bonds is 7. The molecular formula is C21H24O2S. The van der Waals surface area contributed by atoms with Gasteiger partial charge in [-0.2, -0.15) is 0 Å². The topological polar surface area (TPSA) is 26.3 Å². The molecule has 24 heavy (non-hydrogen) atoms. The van der Waals surface area contributed by atoms with Gasteiger partial charge in [0.05, 0.1) is 6.61 Å². The Hall–Kier alpha value is -1.87. The van der Waals surface area contributed by atoms with Crippen LogP contribution < -0.4 is 10.2 Å². The van der Waals surface area contributed by atoms with E-state index >= 15 is 0 Å². The average molecular weight is 340 g/mol. The maximum atomic E-state index is 12.7. The average Bonchev–Trinajstić information content (AvgIpc) is 2.62. The van der Waals surface area contributed by atoms with Crippen LogP contribution in [0.15, 0.2) is 47.3 Å². The van der Waals surface area contributed by atoms with E-state index in [9.17, 15) is 4.79 Å². The number of benzene rings is 2. The lowest BCUT2D eigenvalue weighted by molar-refractivity contribution is 0.233. The molecule has 0 N–H and O–H groups in total. The van der Waals surface area contributed by atoms with E-state index in [1.54, 1.807) is 11.3 Å². The Kier molecular flexibility index (Phi) is 5.52. The van der Waals surface area contributed by atoms with Crippen molar-refractivity contribution in [1.82, 2.24) is 0 Å². The molecule has 2 aromatic carbocycles. The molecule has 126 valence electrons. The molecule has 1 aromatic heterocycles. The zero-order valence-corrected chi connectivity index (χ0v) is 15.2. The van der Waals surface area contributed by atoms with Crippen molar-refractivity contribution >= 4 is 31.5 Å². The van der Waals surface area contributed by atoms with Crippen molar-refractivity contribution in [3.8, 4) is 5.75 Å². The Morgan fingerprint density at radius 1 is 1.04 bits per heavy atom. The molecule has 1 atom stereocenters. The van der Waals surface area contributed by atoms with Crippen LogP contribution in [0.5, 0.6) is 5.75 Å². The first kappa shape index (κ1) is 17.0. The fourth-order valence-corrected chi connectivity index (χ4v) is 4.04. The van der Waals surface area contributed by atoms with Crippen molar-refractivity contribution in [3.63, 3.8) is 0 Å². The largest absolute Gasteiger partial charge is 0.493 e. The van der Waals surface area contributed by atoms with Crippen molar-refractivity contribution in [2.24, 2.45) is 5.92 Å². The van der Waals surface area contributed by atoms with Crippen LogP contribution in [0, 0.1) is 5.92 Å². The molecule has 0 bridgehead atoms. The summed E-state index contributed by atoms with van der Waals surface area (Å²) in [4.78, 5) is 12.7. The summed E-state index contributed by atoms with van der Waals surface area (Å²) < 4.78 is 8.05. The molecule has 2 nitrogen and oxygen atoms in total. The highest BCUT2D eigenvalue weighted by atomic mass is 32.1. The van der Waals surface area contributed by atoms with Gasteiger partial charge in [0.2, 0.25) is 0 Å². The second-order valence-electron chi connectivity index (χ2n) is 6.31. The predicted octanol–water partition coefficient (Wildman–Crippen LogP) is 6.01. The summed E-state index contributed by atoms with van der Waals surface area (Å²) in [5, 5.41) is 1.55. The van der Waals surface area contributed by atoms with Crippen molar-refractivity contribution in [2.45, 2.75) is 39.5 Å². The Bertz CT molecular complexity index is 882. The molecule has 0 fully saturated rings. The van der Waals surface area contributed by atoms with Gasteiger partial charge in [-0.3, -0.25) is 4.79 Å². The second kappa shape index (κ2) is 7.80. The molecule has 3 rings (SSSR count). The van der Waals surface area contributed by atoms with E-state index in [-0.39, 0.29) is 5.43 Å². The van der Waals surface area contributed by atoms with E-state index in [0.29, 0.717) is 5.92 Å². The maximum absolute atomic E-state index is 12.7. The van der Waals surface area contributed by atoms with Gasteiger partial charge in [0.1, 0.15) is 5.75 Å². The van der Waals surface area contributed by atoms with Gasteiger partial charge >= 0.3 is 0 Å². The first-order valence-corrected chi connectivity index (χ1v) is 9.63. The first-order chi connectivity index (χ1) is 11.7. The number of fused-ring (bicyclic) bond motifs is 2. The lowest BCUT2D eigenvalue weighted by Crippen LogP contribution is -2.11. The number of hydrogen-bond acceptors (Lipinski definition) is 3. The summed E-state index contributed by atoms with van der Waals surface area (Å²) in [5.41, 5.74) is 0.0998. The smallest absolute Gasteiger partial charge is 0.196 e. The quantitative estimate of drug-likeness (QED) is 0.492. The standard InChI is InChI=1S/C21H24O2S/c1-3-5-8-15(4-2)14-23-16-11-12-20-18(13-16)21(22)17-9-6-7-10-19(17)24-20/h6-7,9-13,15H,3-5,8,14H2,1-2H3. The van der Waals surface area contributed by atoms with Crippen LogP contribution in [-0.2, 0) is 0 Å². The minimum absolute atomic E-state index is 0.0998. The zero-order chi connectivity index (χ0) is 16.9. The van der Waals surface area contributed by atoms with Gasteiger partial charge in [-0.15, -0.1) is 11.3 Å². The predicted molar refractivity (Wildman–Crippen MR) is 104 cm³/mol. The van der Waals surface area contributed by atoms with Crippen LogP contribution >= 0.6 is 11.3 Å². The Morgan fingerprint density at radius 2 is 1.83 bits per heavy atom. The maximum Gasteiger partial charge on any atom is 0.196 e. The molecule has 0 aliphatic heterocycles. The highest BCUT2D eigenvalue weighted by molar-refractivity contribution is 7.24. The lowest BCUT2D eigenvalue weighted by atomic mass is 10.0. The van der Waals surface area contributed by atoms with Gasteiger partial charge in [0.25, 0.3) is 0 Å². The van der Waals surface area contributed by atoms with Crippen molar-refractivity contribution in [1.29, 1.82) is 0 Å². The Labute approximate surface area is 147 Å². The molecule has 0 saturated carbocycles. The molecule has 0 saturated heterocycles.